The lowest BCUT2D eigenvalue weighted by Gasteiger charge is -2.11. The van der Waals surface area contributed by atoms with E-state index in [0.29, 0.717) is 23.1 Å². The number of hydrogen-bond acceptors (Lipinski definition) is 3. The number of benzene rings is 3. The van der Waals surface area contributed by atoms with Gasteiger partial charge in [0.05, 0.1) is 10.6 Å². The van der Waals surface area contributed by atoms with Crippen LogP contribution in [0.25, 0.3) is 0 Å². The second kappa shape index (κ2) is 7.59. The Morgan fingerprint density at radius 2 is 1.60 bits per heavy atom. The van der Waals surface area contributed by atoms with Gasteiger partial charge in [-0.3, -0.25) is 4.72 Å². The molecule has 0 saturated heterocycles. The van der Waals surface area contributed by atoms with Gasteiger partial charge >= 0.3 is 0 Å². The highest BCUT2D eigenvalue weighted by molar-refractivity contribution is 7.92. The summed E-state index contributed by atoms with van der Waals surface area (Å²) >= 11 is 5.80. The molecular formula is C19H16ClNO3S. The average molecular weight is 374 g/mol. The van der Waals surface area contributed by atoms with Crippen LogP contribution in [0.15, 0.2) is 83.8 Å². The summed E-state index contributed by atoms with van der Waals surface area (Å²) < 4.78 is 33.1. The molecule has 0 heterocycles. The Morgan fingerprint density at radius 1 is 0.880 bits per heavy atom. The van der Waals surface area contributed by atoms with Crippen LogP contribution in [0.1, 0.15) is 5.56 Å². The summed E-state index contributed by atoms with van der Waals surface area (Å²) in [5.74, 6) is 0.583. The minimum absolute atomic E-state index is 0.146. The zero-order valence-electron chi connectivity index (χ0n) is 13.2. The van der Waals surface area contributed by atoms with Crippen molar-refractivity contribution in [3.63, 3.8) is 0 Å². The molecule has 3 rings (SSSR count). The molecule has 0 aliphatic rings. The number of halogens is 1. The molecule has 0 amide bonds. The van der Waals surface area contributed by atoms with E-state index < -0.39 is 10.0 Å². The molecule has 0 radical (unpaired) electrons. The van der Waals surface area contributed by atoms with Crippen LogP contribution in [-0.2, 0) is 16.6 Å². The van der Waals surface area contributed by atoms with Crippen molar-refractivity contribution >= 4 is 27.3 Å². The third-order valence-corrected chi connectivity index (χ3v) is 5.11. The van der Waals surface area contributed by atoms with E-state index >= 15 is 0 Å². The molecule has 0 aliphatic carbocycles. The van der Waals surface area contributed by atoms with Gasteiger partial charge in [-0.05, 0) is 42.0 Å². The van der Waals surface area contributed by atoms with Crippen LogP contribution in [0.2, 0.25) is 5.02 Å². The van der Waals surface area contributed by atoms with E-state index in [1.54, 1.807) is 24.3 Å². The number of sulfonamides is 1. The second-order valence-corrected chi connectivity index (χ2v) is 7.48. The highest BCUT2D eigenvalue weighted by Gasteiger charge is 2.14. The van der Waals surface area contributed by atoms with Crippen molar-refractivity contribution in [1.29, 1.82) is 0 Å². The van der Waals surface area contributed by atoms with E-state index in [9.17, 15) is 8.42 Å². The highest BCUT2D eigenvalue weighted by atomic mass is 35.5. The molecule has 25 heavy (non-hydrogen) atoms. The zero-order chi connectivity index (χ0) is 17.7. The summed E-state index contributed by atoms with van der Waals surface area (Å²) in [5.41, 5.74) is 1.47. The molecule has 0 spiro atoms. The van der Waals surface area contributed by atoms with E-state index in [1.165, 1.54) is 24.3 Å². The third kappa shape index (κ3) is 4.75. The summed E-state index contributed by atoms with van der Waals surface area (Å²) in [6.07, 6.45) is 0. The van der Waals surface area contributed by atoms with Gasteiger partial charge in [-0.2, -0.15) is 0 Å². The number of nitrogens with one attached hydrogen (secondary N) is 1. The SMILES string of the molecule is O=S(=O)(Nc1cccc(OCc2ccccc2)c1)c1ccc(Cl)cc1. The first kappa shape index (κ1) is 17.3. The fourth-order valence-corrected chi connectivity index (χ4v) is 3.39. The summed E-state index contributed by atoms with van der Waals surface area (Å²) in [4.78, 5) is 0.146. The standard InChI is InChI=1S/C19H16ClNO3S/c20-16-9-11-19(12-10-16)25(22,23)21-17-7-4-8-18(13-17)24-14-15-5-2-1-3-6-15/h1-13,21H,14H2. The van der Waals surface area contributed by atoms with Gasteiger partial charge in [-0.15, -0.1) is 0 Å². The number of hydrogen-bond donors (Lipinski definition) is 1. The molecule has 0 unspecified atom stereocenters. The minimum atomic E-state index is -3.68. The van der Waals surface area contributed by atoms with Crippen molar-refractivity contribution in [3.8, 4) is 5.75 Å². The molecule has 0 aliphatic heterocycles. The van der Waals surface area contributed by atoms with Gasteiger partial charge in [0.15, 0.2) is 0 Å². The van der Waals surface area contributed by atoms with Gasteiger partial charge in [0.1, 0.15) is 12.4 Å². The fourth-order valence-electron chi connectivity index (χ4n) is 2.22. The van der Waals surface area contributed by atoms with Gasteiger partial charge in [-0.25, -0.2) is 8.42 Å². The molecule has 6 heteroatoms. The quantitative estimate of drug-likeness (QED) is 0.680. The Hall–Kier alpha value is -2.50. The van der Waals surface area contributed by atoms with Crippen LogP contribution in [0.3, 0.4) is 0 Å². The molecule has 128 valence electrons. The average Bonchev–Trinajstić information content (AvgIpc) is 2.61. The molecule has 3 aromatic carbocycles. The lowest BCUT2D eigenvalue weighted by Crippen LogP contribution is -2.12. The van der Waals surface area contributed by atoms with Gasteiger partial charge in [0.2, 0.25) is 0 Å². The second-order valence-electron chi connectivity index (χ2n) is 5.36. The van der Waals surface area contributed by atoms with E-state index in [-0.39, 0.29) is 4.90 Å². The molecule has 0 saturated carbocycles. The summed E-state index contributed by atoms with van der Waals surface area (Å²) in [7, 11) is -3.68. The Balaban J connectivity index is 1.72. The van der Waals surface area contributed by atoms with Gasteiger partial charge in [0, 0.05) is 11.1 Å². The van der Waals surface area contributed by atoms with Crippen LogP contribution in [0.4, 0.5) is 5.69 Å². The predicted octanol–water partition coefficient (Wildman–Crippen LogP) is 4.72. The Bertz CT molecular complexity index is 942. The summed E-state index contributed by atoms with van der Waals surface area (Å²) in [6.45, 7) is 0.411. The van der Waals surface area contributed by atoms with Gasteiger partial charge < -0.3 is 4.74 Å². The first-order valence-corrected chi connectivity index (χ1v) is 9.44. The first-order valence-electron chi connectivity index (χ1n) is 7.58. The van der Waals surface area contributed by atoms with E-state index in [0.717, 1.165) is 5.56 Å². The van der Waals surface area contributed by atoms with E-state index in [1.807, 2.05) is 30.3 Å². The molecule has 0 aromatic heterocycles. The van der Waals surface area contributed by atoms with Crippen molar-refractivity contribution < 1.29 is 13.2 Å². The molecule has 1 N–H and O–H groups in total. The zero-order valence-corrected chi connectivity index (χ0v) is 14.8. The Morgan fingerprint density at radius 3 is 2.32 bits per heavy atom. The first-order chi connectivity index (χ1) is 12.0. The molecular weight excluding hydrogens is 358 g/mol. The van der Waals surface area contributed by atoms with E-state index in [2.05, 4.69) is 4.72 Å². The normalized spacial score (nSPS) is 11.1. The van der Waals surface area contributed by atoms with Crippen molar-refractivity contribution in [2.45, 2.75) is 11.5 Å². The number of anilines is 1. The lowest BCUT2D eigenvalue weighted by atomic mass is 10.2. The monoisotopic (exact) mass is 373 g/mol. The Labute approximate surface area is 152 Å². The van der Waals surface area contributed by atoms with Gasteiger partial charge in [0.25, 0.3) is 10.0 Å². The lowest BCUT2D eigenvalue weighted by molar-refractivity contribution is 0.306. The molecule has 0 atom stereocenters. The maximum atomic E-state index is 12.4. The number of rotatable bonds is 6. The van der Waals surface area contributed by atoms with Crippen LogP contribution >= 0.6 is 11.6 Å². The van der Waals surface area contributed by atoms with Crippen LogP contribution in [0, 0.1) is 0 Å². The molecule has 3 aromatic rings. The van der Waals surface area contributed by atoms with Crippen molar-refractivity contribution in [1.82, 2.24) is 0 Å². The predicted molar refractivity (Wildman–Crippen MR) is 99.5 cm³/mol. The smallest absolute Gasteiger partial charge is 0.261 e. The van der Waals surface area contributed by atoms with Crippen molar-refractivity contribution in [2.75, 3.05) is 4.72 Å². The van der Waals surface area contributed by atoms with Crippen LogP contribution in [-0.4, -0.2) is 8.42 Å². The largest absolute Gasteiger partial charge is 0.489 e. The summed E-state index contributed by atoms with van der Waals surface area (Å²) in [5, 5.41) is 0.482. The minimum Gasteiger partial charge on any atom is -0.489 e. The summed E-state index contributed by atoms with van der Waals surface area (Å²) in [6, 6.07) is 22.6. The van der Waals surface area contributed by atoms with E-state index in [4.69, 9.17) is 16.3 Å². The molecule has 0 fully saturated rings. The van der Waals surface area contributed by atoms with Crippen molar-refractivity contribution in [3.05, 3.63) is 89.4 Å². The van der Waals surface area contributed by atoms with Crippen LogP contribution < -0.4 is 9.46 Å². The maximum Gasteiger partial charge on any atom is 0.261 e. The third-order valence-electron chi connectivity index (χ3n) is 3.46. The van der Waals surface area contributed by atoms with Crippen LogP contribution in [0.5, 0.6) is 5.75 Å². The molecule has 4 nitrogen and oxygen atoms in total. The Kier molecular flexibility index (Phi) is 5.26. The number of ether oxygens (including phenoxy) is 1. The maximum absolute atomic E-state index is 12.4. The van der Waals surface area contributed by atoms with Gasteiger partial charge in [-0.1, -0.05) is 48.0 Å². The van der Waals surface area contributed by atoms with Crippen molar-refractivity contribution in [2.24, 2.45) is 0 Å². The molecule has 0 bridgehead atoms. The fraction of sp³-hybridized carbons (Fsp3) is 0.0526. The topological polar surface area (TPSA) is 55.4 Å². The highest BCUT2D eigenvalue weighted by Crippen LogP contribution is 2.22.